The fourth-order valence-corrected chi connectivity index (χ4v) is 20.9. The monoisotopic (exact) mass is 1710 g/mol. The normalized spacial score (nSPS) is 28.7. The Labute approximate surface area is 757 Å². The topological polar surface area (TPSA) is 70.4 Å². The Morgan fingerprint density at radius 3 is 0.893 bits per heavy atom. The Bertz CT molecular complexity index is 2450. The largest absolute Gasteiger partial charge is 0.309 e. The number of hydrogen-bond donors (Lipinski definition) is 1. The molecular formula is C102H217N19. The molecule has 2 unspecified atom stereocenters. The summed E-state index contributed by atoms with van der Waals surface area (Å²) in [5, 5.41) is 3.47. The number of likely N-dealkylation sites (tertiary alicyclic amines) is 13. The van der Waals surface area contributed by atoms with E-state index in [1.165, 1.54) is 254 Å². The van der Waals surface area contributed by atoms with E-state index in [4.69, 9.17) is 0 Å². The first-order valence-electron chi connectivity index (χ1n) is 51.1. The van der Waals surface area contributed by atoms with Gasteiger partial charge < -0.3 is 64.1 Å². The highest BCUT2D eigenvalue weighted by Gasteiger charge is 2.51. The summed E-state index contributed by atoms with van der Waals surface area (Å²) in [5.74, 6) is 10.4. The van der Waals surface area contributed by atoms with Gasteiger partial charge in [-0.05, 0) is 344 Å². The summed E-state index contributed by atoms with van der Waals surface area (Å²) in [5.41, 5.74) is 0.721. The molecule has 0 aromatic carbocycles. The molecule has 121 heavy (non-hydrogen) atoms. The molecule has 15 aliphatic heterocycles. The number of piperidine rings is 1. The maximum Gasteiger partial charge on any atom is 0.0324 e. The smallest absolute Gasteiger partial charge is 0.0324 e. The van der Waals surface area contributed by atoms with Gasteiger partial charge in [-0.2, -0.15) is 0 Å². The zero-order valence-electron chi connectivity index (χ0n) is 88.5. The van der Waals surface area contributed by atoms with E-state index in [0.29, 0.717) is 18.1 Å². The second-order valence-corrected chi connectivity index (χ2v) is 46.2. The number of fused-ring (bicyclic) bond motifs is 3. The molecule has 15 rings (SSSR count). The quantitative estimate of drug-likeness (QED) is 0.159. The average Bonchev–Trinajstić information content (AvgIpc) is 1.59. The molecule has 1 N–H and O–H groups in total. The molecule has 0 radical (unpaired) electrons. The van der Waals surface area contributed by atoms with Crippen LogP contribution >= 0.6 is 0 Å². The molecule has 0 amide bonds. The van der Waals surface area contributed by atoms with Crippen molar-refractivity contribution in [1.29, 1.82) is 0 Å². The third-order valence-corrected chi connectivity index (χ3v) is 31.2. The first kappa shape index (κ1) is 113. The lowest BCUT2D eigenvalue weighted by Gasteiger charge is -2.60. The van der Waals surface area contributed by atoms with Gasteiger partial charge in [-0.25, -0.2) is 0 Å². The van der Waals surface area contributed by atoms with Gasteiger partial charge >= 0.3 is 0 Å². The van der Waals surface area contributed by atoms with Crippen molar-refractivity contribution in [3.8, 4) is 0 Å². The van der Waals surface area contributed by atoms with Gasteiger partial charge in [-0.1, -0.05) is 82.6 Å². The highest BCUT2D eigenvalue weighted by Crippen LogP contribution is 2.40. The highest BCUT2D eigenvalue weighted by atomic mass is 15.3. The first-order valence-corrected chi connectivity index (χ1v) is 51.1. The van der Waals surface area contributed by atoms with Crippen molar-refractivity contribution in [2.45, 2.75) is 309 Å². The number of hydrogen-bond acceptors (Lipinski definition) is 19. The van der Waals surface area contributed by atoms with E-state index in [9.17, 15) is 0 Å². The Balaban J connectivity index is 0.000000278. The number of nitrogens with zero attached hydrogens (tertiary/aromatic N) is 18. The van der Waals surface area contributed by atoms with Gasteiger partial charge in [0.25, 0.3) is 0 Å². The standard InChI is InChI=1S/2C10H20N2.C9H18N2.2C9H20N2.C9H19N.C8H18N2.3C8H17N.C7H16N2.C7H15N/c1-8(2)12-6-9-4-11(3)5-10(9)7-12;1-8(2)12-6-9-4-5-10(7-12)11(9)3;1-8(2)11-6-9(7-11)4-10(3)5-9;2*1-8(2)11(4)9-5-6-10(3)7-9;1-8(2)9-4-6-10(3)7-5-9;1-8(2)10-6-4-9(3)5-7-10;2*1-7(2)8-4-5-9(3)6-8;1-4-8-5-9(6-8)7(2)3;1-6(2)8-7-4-9(3)5-7;1-6(2)7-4-8(3)5-7/h2*8-10H,4-7H2,1-3H3;8H,4-7H2,1-3H3;2*8-9H,5-7H2,1-4H3;8-9H,4-7H2,1-3H3;8H,4-7H2,1-3H3;3*7-8H,4-6H2,1-3H3;6-8H,4-5H2,1-3H3;6-7H,4-5H2,1-3H3/t;9-,10+;;2*9-;;;2*8-;;;/m...10..10.../s1. The molecule has 720 valence electrons. The lowest BCUT2D eigenvalue weighted by atomic mass is 9.72. The van der Waals surface area contributed by atoms with Gasteiger partial charge in [-0.3, -0.25) is 29.4 Å². The molecule has 2 bridgehead atoms. The lowest BCUT2D eigenvalue weighted by molar-refractivity contribution is -0.115. The minimum atomic E-state index is 0.642. The molecule has 15 heterocycles. The maximum absolute atomic E-state index is 3.47. The molecule has 19 nitrogen and oxygen atoms in total. The van der Waals surface area contributed by atoms with Crippen LogP contribution in [0.1, 0.15) is 231 Å². The van der Waals surface area contributed by atoms with Gasteiger partial charge in [0.15, 0.2) is 0 Å². The maximum atomic E-state index is 3.47. The van der Waals surface area contributed by atoms with Crippen molar-refractivity contribution in [3.05, 3.63) is 0 Å². The fraction of sp³-hybridized carbons (Fsp3) is 1.00. The summed E-state index contributed by atoms with van der Waals surface area (Å²) in [6.45, 7) is 96.1. The first-order chi connectivity index (χ1) is 56.6. The molecule has 0 aromatic heterocycles. The van der Waals surface area contributed by atoms with E-state index in [1.54, 1.807) is 0 Å². The zero-order valence-corrected chi connectivity index (χ0v) is 88.5. The average molecular weight is 1710 g/mol. The molecule has 0 aliphatic carbocycles. The number of piperazine rings is 2. The minimum absolute atomic E-state index is 0.642. The van der Waals surface area contributed by atoms with Crippen molar-refractivity contribution in [2.24, 2.45) is 70.5 Å². The summed E-state index contributed by atoms with van der Waals surface area (Å²) in [6.07, 6.45) is 12.5. The Morgan fingerprint density at radius 1 is 0.281 bits per heavy atom. The van der Waals surface area contributed by atoms with Crippen LogP contribution < -0.4 is 5.32 Å². The number of nitrogens with one attached hydrogen (secondary N) is 1. The molecule has 15 saturated heterocycles. The van der Waals surface area contributed by atoms with Gasteiger partial charge in [0.05, 0.1) is 0 Å². The van der Waals surface area contributed by atoms with E-state index in [2.05, 4.69) is 358 Å². The van der Waals surface area contributed by atoms with Crippen LogP contribution in [0.5, 0.6) is 0 Å². The molecule has 0 saturated carbocycles. The van der Waals surface area contributed by atoms with Crippen LogP contribution in [0.15, 0.2) is 0 Å². The van der Waals surface area contributed by atoms with Crippen LogP contribution in [0.4, 0.5) is 0 Å². The van der Waals surface area contributed by atoms with Crippen LogP contribution in [-0.2, 0) is 0 Å². The SMILES string of the molecule is CC(C)C1CCN(C)CC1.CC(C)C1CN(C)C1.CC(C)N(C)[C@@H]1CCN(C)C1.CC(C)N(C)[C@H]1CCN(C)C1.CC(C)N1CC2(CN(C)C2)C1.CC(C)N1CC2CN(C)CC2C1.CC(C)N1CCN(C)CC1.CC(C)N1C[C@H]2CC[C@@H](C1)N2C.CC(C)NC1CN(C)C1.CC(C)[C@@H]1CCN(C)C1.CC(C)[C@H]1CCN(C)C1.CCC1CN(C(C)C)C1. The van der Waals surface area contributed by atoms with Crippen LogP contribution in [0, 0.1) is 70.5 Å². The van der Waals surface area contributed by atoms with Crippen molar-refractivity contribution in [2.75, 3.05) is 288 Å². The van der Waals surface area contributed by atoms with Gasteiger partial charge in [0, 0.05) is 241 Å². The van der Waals surface area contributed by atoms with Crippen molar-refractivity contribution in [3.63, 3.8) is 0 Å². The molecule has 15 fully saturated rings. The lowest BCUT2D eigenvalue weighted by Crippen LogP contribution is -2.72. The summed E-state index contributed by atoms with van der Waals surface area (Å²) in [6, 6.07) is 9.81. The third kappa shape index (κ3) is 41.7. The summed E-state index contributed by atoms with van der Waals surface area (Å²) < 4.78 is 0. The van der Waals surface area contributed by atoms with Crippen molar-refractivity contribution in [1.82, 2.24) is 93.5 Å². The second-order valence-electron chi connectivity index (χ2n) is 46.2. The third-order valence-electron chi connectivity index (χ3n) is 31.2. The summed E-state index contributed by atoms with van der Waals surface area (Å²) >= 11 is 0. The van der Waals surface area contributed by atoms with Crippen molar-refractivity contribution >= 4 is 0 Å². The number of likely N-dealkylation sites (N-methyl/N-ethyl adjacent to an activating group) is 7. The van der Waals surface area contributed by atoms with Gasteiger partial charge in [-0.15, -0.1) is 0 Å². The van der Waals surface area contributed by atoms with E-state index in [1.807, 2.05) is 0 Å². The predicted octanol–water partition coefficient (Wildman–Crippen LogP) is 13.8. The minimum Gasteiger partial charge on any atom is -0.309 e. The molecular weight excluding hydrogens is 1490 g/mol. The molecule has 19 heteroatoms. The van der Waals surface area contributed by atoms with Crippen LogP contribution in [0.2, 0.25) is 0 Å². The van der Waals surface area contributed by atoms with E-state index in [0.717, 1.165) is 131 Å². The predicted molar refractivity (Wildman–Crippen MR) is 533 cm³/mol. The zero-order chi connectivity index (χ0) is 91.0. The van der Waals surface area contributed by atoms with Gasteiger partial charge in [0.2, 0.25) is 0 Å². The van der Waals surface area contributed by atoms with Crippen LogP contribution in [-0.4, -0.2) is 455 Å². The highest BCUT2D eigenvalue weighted by molar-refractivity contribution is 5.05. The summed E-state index contributed by atoms with van der Waals surface area (Å²) in [7, 11) is 28.8. The summed E-state index contributed by atoms with van der Waals surface area (Å²) in [4.78, 5) is 44.5. The molecule has 15 aliphatic rings. The fourth-order valence-electron chi connectivity index (χ4n) is 20.9. The van der Waals surface area contributed by atoms with Crippen LogP contribution in [0.3, 0.4) is 0 Å². The second kappa shape index (κ2) is 56.9. The van der Waals surface area contributed by atoms with Gasteiger partial charge in [0.1, 0.15) is 0 Å². The molecule has 1 spiro atoms. The molecule has 0 aromatic rings. The van der Waals surface area contributed by atoms with E-state index < -0.39 is 0 Å². The Morgan fingerprint density at radius 2 is 0.603 bits per heavy atom. The molecule has 8 atom stereocenters. The van der Waals surface area contributed by atoms with E-state index >= 15 is 0 Å². The Kier molecular flexibility index (Phi) is 52.9. The van der Waals surface area contributed by atoms with Crippen LogP contribution in [0.25, 0.3) is 0 Å². The van der Waals surface area contributed by atoms with Crippen molar-refractivity contribution < 1.29 is 0 Å². The van der Waals surface area contributed by atoms with E-state index in [-0.39, 0.29) is 0 Å². The number of rotatable bonds is 16. The Hall–Kier alpha value is -0.760.